The zero-order chi connectivity index (χ0) is 8.93. The monoisotopic (exact) mass is 172 g/mol. The van der Waals surface area contributed by atoms with Gasteiger partial charge in [-0.15, -0.1) is 0 Å². The summed E-state index contributed by atoms with van der Waals surface area (Å²) >= 11 is 0. The first-order chi connectivity index (χ1) is 6.45. The summed E-state index contributed by atoms with van der Waals surface area (Å²) in [5.41, 5.74) is 0. The number of ether oxygens (including phenoxy) is 1. The van der Waals surface area contributed by atoms with Gasteiger partial charge in [-0.3, -0.25) is 0 Å². The Labute approximate surface area is 76.0 Å². The SMILES string of the molecule is c1ccc(Oc2ccnnc2)cc1. The second-order valence-corrected chi connectivity index (χ2v) is 2.49. The van der Waals surface area contributed by atoms with Crippen molar-refractivity contribution >= 4 is 0 Å². The van der Waals surface area contributed by atoms with Gasteiger partial charge in [0.25, 0.3) is 0 Å². The lowest BCUT2D eigenvalue weighted by molar-refractivity contribution is 0.478. The normalized spacial score (nSPS) is 9.54. The van der Waals surface area contributed by atoms with Gasteiger partial charge in [0, 0.05) is 6.07 Å². The Morgan fingerprint density at radius 2 is 1.69 bits per heavy atom. The number of hydrogen-bond donors (Lipinski definition) is 0. The van der Waals surface area contributed by atoms with Crippen LogP contribution in [-0.4, -0.2) is 10.2 Å². The van der Waals surface area contributed by atoms with Crippen molar-refractivity contribution in [3.8, 4) is 11.5 Å². The fourth-order valence-electron chi connectivity index (χ4n) is 0.964. The third-order valence-corrected chi connectivity index (χ3v) is 1.54. The average molecular weight is 172 g/mol. The van der Waals surface area contributed by atoms with Crippen molar-refractivity contribution in [2.75, 3.05) is 0 Å². The van der Waals surface area contributed by atoms with Gasteiger partial charge >= 0.3 is 0 Å². The molecule has 2 rings (SSSR count). The Hall–Kier alpha value is -1.90. The molecule has 0 unspecified atom stereocenters. The fraction of sp³-hybridized carbons (Fsp3) is 0. The summed E-state index contributed by atoms with van der Waals surface area (Å²) in [7, 11) is 0. The van der Waals surface area contributed by atoms with Crippen LogP contribution in [0.2, 0.25) is 0 Å². The molecule has 2 aromatic rings. The van der Waals surface area contributed by atoms with E-state index in [0.717, 1.165) is 5.75 Å². The van der Waals surface area contributed by atoms with Gasteiger partial charge in [-0.05, 0) is 12.1 Å². The molecule has 0 radical (unpaired) electrons. The van der Waals surface area contributed by atoms with Crippen molar-refractivity contribution in [3.63, 3.8) is 0 Å². The molecule has 0 aliphatic rings. The zero-order valence-corrected chi connectivity index (χ0v) is 6.92. The van der Waals surface area contributed by atoms with Gasteiger partial charge in [0.2, 0.25) is 0 Å². The van der Waals surface area contributed by atoms with Gasteiger partial charge in [0.1, 0.15) is 11.5 Å². The van der Waals surface area contributed by atoms with Crippen LogP contribution < -0.4 is 4.74 Å². The molecular weight excluding hydrogens is 164 g/mol. The lowest BCUT2D eigenvalue weighted by Gasteiger charge is -2.02. The van der Waals surface area contributed by atoms with Crippen molar-refractivity contribution in [3.05, 3.63) is 48.8 Å². The number of aromatic nitrogens is 2. The predicted octanol–water partition coefficient (Wildman–Crippen LogP) is 2.27. The summed E-state index contributed by atoms with van der Waals surface area (Å²) in [5, 5.41) is 7.36. The van der Waals surface area contributed by atoms with Crippen LogP contribution in [0.15, 0.2) is 48.8 Å². The van der Waals surface area contributed by atoms with Crippen LogP contribution in [-0.2, 0) is 0 Å². The molecular formula is C10H8N2O. The molecule has 1 aromatic carbocycles. The minimum absolute atomic E-state index is 0.696. The van der Waals surface area contributed by atoms with Crippen LogP contribution in [0, 0.1) is 0 Å². The van der Waals surface area contributed by atoms with Crippen LogP contribution in [0.1, 0.15) is 0 Å². The summed E-state index contributed by atoms with van der Waals surface area (Å²) in [4.78, 5) is 0. The maximum Gasteiger partial charge on any atom is 0.149 e. The first-order valence-corrected chi connectivity index (χ1v) is 3.95. The number of para-hydroxylation sites is 1. The molecule has 0 fully saturated rings. The molecule has 0 aliphatic carbocycles. The van der Waals surface area contributed by atoms with E-state index in [-0.39, 0.29) is 0 Å². The molecule has 1 heterocycles. The van der Waals surface area contributed by atoms with Crippen LogP contribution in [0.25, 0.3) is 0 Å². The van der Waals surface area contributed by atoms with Crippen LogP contribution in [0.5, 0.6) is 11.5 Å². The number of hydrogen-bond acceptors (Lipinski definition) is 3. The number of benzene rings is 1. The molecule has 0 saturated carbocycles. The molecule has 0 saturated heterocycles. The van der Waals surface area contributed by atoms with E-state index in [2.05, 4.69) is 10.2 Å². The maximum atomic E-state index is 5.48. The fourth-order valence-corrected chi connectivity index (χ4v) is 0.964. The molecule has 0 spiro atoms. The van der Waals surface area contributed by atoms with Gasteiger partial charge in [0.15, 0.2) is 0 Å². The zero-order valence-electron chi connectivity index (χ0n) is 6.92. The molecule has 0 bridgehead atoms. The minimum Gasteiger partial charge on any atom is -0.456 e. The van der Waals surface area contributed by atoms with E-state index in [1.807, 2.05) is 30.3 Å². The molecule has 0 amide bonds. The Balaban J connectivity index is 2.16. The highest BCUT2D eigenvalue weighted by Crippen LogP contribution is 2.18. The van der Waals surface area contributed by atoms with Gasteiger partial charge in [-0.25, -0.2) is 0 Å². The molecule has 64 valence electrons. The lowest BCUT2D eigenvalue weighted by Crippen LogP contribution is -1.85. The Kier molecular flexibility index (Phi) is 2.18. The van der Waals surface area contributed by atoms with E-state index in [9.17, 15) is 0 Å². The maximum absolute atomic E-state index is 5.48. The molecule has 0 aliphatic heterocycles. The molecule has 3 heteroatoms. The van der Waals surface area contributed by atoms with Gasteiger partial charge < -0.3 is 4.74 Å². The van der Waals surface area contributed by atoms with E-state index < -0.39 is 0 Å². The highest BCUT2D eigenvalue weighted by Gasteiger charge is 1.93. The summed E-state index contributed by atoms with van der Waals surface area (Å²) < 4.78 is 5.48. The standard InChI is InChI=1S/C10H8N2O/c1-2-4-9(5-3-1)13-10-6-7-11-12-8-10/h1-8H. The lowest BCUT2D eigenvalue weighted by atomic mass is 10.3. The van der Waals surface area contributed by atoms with E-state index in [1.54, 1.807) is 18.5 Å². The van der Waals surface area contributed by atoms with Crippen LogP contribution in [0.4, 0.5) is 0 Å². The molecule has 1 aromatic heterocycles. The first kappa shape index (κ1) is 7.73. The Bertz CT molecular complexity index is 324. The summed E-state index contributed by atoms with van der Waals surface area (Å²) in [6.07, 6.45) is 3.17. The Morgan fingerprint density at radius 3 is 2.38 bits per heavy atom. The van der Waals surface area contributed by atoms with Crippen molar-refractivity contribution in [2.24, 2.45) is 0 Å². The van der Waals surface area contributed by atoms with E-state index in [0.29, 0.717) is 5.75 Å². The minimum atomic E-state index is 0.696. The molecule has 3 nitrogen and oxygen atoms in total. The largest absolute Gasteiger partial charge is 0.456 e. The third-order valence-electron chi connectivity index (χ3n) is 1.54. The highest BCUT2D eigenvalue weighted by molar-refractivity contribution is 5.27. The second-order valence-electron chi connectivity index (χ2n) is 2.49. The molecule has 0 N–H and O–H groups in total. The topological polar surface area (TPSA) is 35.0 Å². The van der Waals surface area contributed by atoms with Gasteiger partial charge in [0.05, 0.1) is 12.4 Å². The van der Waals surface area contributed by atoms with E-state index in [4.69, 9.17) is 4.74 Å². The van der Waals surface area contributed by atoms with Crippen molar-refractivity contribution in [2.45, 2.75) is 0 Å². The molecule has 13 heavy (non-hydrogen) atoms. The average Bonchev–Trinajstić information content (AvgIpc) is 2.21. The van der Waals surface area contributed by atoms with Crippen LogP contribution in [0.3, 0.4) is 0 Å². The third kappa shape index (κ3) is 2.02. The van der Waals surface area contributed by atoms with E-state index >= 15 is 0 Å². The van der Waals surface area contributed by atoms with E-state index in [1.165, 1.54) is 0 Å². The number of rotatable bonds is 2. The van der Waals surface area contributed by atoms with Gasteiger partial charge in [-0.2, -0.15) is 10.2 Å². The second kappa shape index (κ2) is 3.67. The highest BCUT2D eigenvalue weighted by atomic mass is 16.5. The quantitative estimate of drug-likeness (QED) is 0.697. The molecule has 0 atom stereocenters. The van der Waals surface area contributed by atoms with Crippen molar-refractivity contribution in [1.82, 2.24) is 10.2 Å². The first-order valence-electron chi connectivity index (χ1n) is 3.95. The predicted molar refractivity (Wildman–Crippen MR) is 48.5 cm³/mol. The van der Waals surface area contributed by atoms with Gasteiger partial charge in [-0.1, -0.05) is 18.2 Å². The van der Waals surface area contributed by atoms with Crippen molar-refractivity contribution < 1.29 is 4.74 Å². The van der Waals surface area contributed by atoms with Crippen LogP contribution >= 0.6 is 0 Å². The smallest absolute Gasteiger partial charge is 0.149 e. The summed E-state index contributed by atoms with van der Waals surface area (Å²) in [6.45, 7) is 0. The summed E-state index contributed by atoms with van der Waals surface area (Å²) in [6, 6.07) is 11.3. The Morgan fingerprint density at radius 1 is 0.846 bits per heavy atom. The van der Waals surface area contributed by atoms with Crippen molar-refractivity contribution in [1.29, 1.82) is 0 Å². The summed E-state index contributed by atoms with van der Waals surface area (Å²) in [5.74, 6) is 1.50. The number of nitrogens with zero attached hydrogens (tertiary/aromatic N) is 2.